The fourth-order valence-electron chi connectivity index (χ4n) is 2.95. The second kappa shape index (κ2) is 8.56. The molecule has 0 unspecified atom stereocenters. The zero-order valence-corrected chi connectivity index (χ0v) is 14.0. The highest BCUT2D eigenvalue weighted by atomic mass is 16.5. The van der Waals surface area contributed by atoms with Crippen LogP contribution in [0, 0.1) is 0 Å². The van der Waals surface area contributed by atoms with E-state index in [0.29, 0.717) is 5.56 Å². The van der Waals surface area contributed by atoms with Gasteiger partial charge in [0.2, 0.25) is 0 Å². The Morgan fingerprint density at radius 3 is 2.30 bits per heavy atom. The molecule has 0 bridgehead atoms. The lowest BCUT2D eigenvalue weighted by atomic mass is 10.2. The van der Waals surface area contributed by atoms with Crippen LogP contribution in [0.15, 0.2) is 24.3 Å². The third-order valence-corrected chi connectivity index (χ3v) is 4.29. The number of amides is 1. The number of ether oxygens (including phenoxy) is 1. The third-order valence-electron chi connectivity index (χ3n) is 4.29. The van der Waals surface area contributed by atoms with Gasteiger partial charge in [-0.3, -0.25) is 4.79 Å². The molecule has 0 aromatic heterocycles. The highest BCUT2D eigenvalue weighted by Crippen LogP contribution is 2.17. The van der Waals surface area contributed by atoms with Gasteiger partial charge in [0.15, 0.2) is 6.61 Å². The largest absolute Gasteiger partial charge is 0.452 e. The van der Waals surface area contributed by atoms with Crippen molar-refractivity contribution in [2.24, 2.45) is 0 Å². The topological polar surface area (TPSA) is 58.6 Å². The van der Waals surface area contributed by atoms with Crippen LogP contribution >= 0.6 is 0 Å². The van der Waals surface area contributed by atoms with E-state index in [1.54, 1.807) is 12.1 Å². The Morgan fingerprint density at radius 1 is 1.13 bits per heavy atom. The van der Waals surface area contributed by atoms with Gasteiger partial charge in [-0.15, -0.1) is 0 Å². The van der Waals surface area contributed by atoms with Crippen molar-refractivity contribution in [2.45, 2.75) is 45.6 Å². The maximum Gasteiger partial charge on any atom is 0.338 e. The van der Waals surface area contributed by atoms with Crippen LogP contribution in [-0.4, -0.2) is 37.6 Å². The normalized spacial score (nSPS) is 14.5. The van der Waals surface area contributed by atoms with E-state index in [4.69, 9.17) is 4.74 Å². The molecule has 23 heavy (non-hydrogen) atoms. The maximum absolute atomic E-state index is 12.0. The molecule has 0 heterocycles. The number of hydrogen-bond donors (Lipinski definition) is 1. The van der Waals surface area contributed by atoms with E-state index in [-0.39, 0.29) is 18.6 Å². The minimum atomic E-state index is -0.460. The molecule has 1 aliphatic carbocycles. The van der Waals surface area contributed by atoms with Gasteiger partial charge in [-0.1, -0.05) is 12.8 Å². The summed E-state index contributed by atoms with van der Waals surface area (Å²) in [6.45, 7) is 5.81. The average molecular weight is 318 g/mol. The summed E-state index contributed by atoms with van der Waals surface area (Å²) in [6, 6.07) is 7.54. The average Bonchev–Trinajstić information content (AvgIpc) is 3.07. The first-order chi connectivity index (χ1) is 11.1. The first kappa shape index (κ1) is 17.3. The Morgan fingerprint density at radius 2 is 1.74 bits per heavy atom. The number of carbonyl (C=O) groups excluding carboxylic acids is 2. The highest BCUT2D eigenvalue weighted by Gasteiger charge is 2.18. The zero-order chi connectivity index (χ0) is 16.7. The molecule has 1 aromatic rings. The molecule has 1 saturated carbocycles. The summed E-state index contributed by atoms with van der Waals surface area (Å²) in [5.74, 6) is -0.678. The van der Waals surface area contributed by atoms with Gasteiger partial charge in [0.25, 0.3) is 5.91 Å². The number of anilines is 1. The molecule has 1 N–H and O–H groups in total. The van der Waals surface area contributed by atoms with E-state index in [9.17, 15) is 9.59 Å². The third kappa shape index (κ3) is 4.98. The predicted octanol–water partition coefficient (Wildman–Crippen LogP) is 2.75. The van der Waals surface area contributed by atoms with Crippen molar-refractivity contribution in [2.75, 3.05) is 24.6 Å². The van der Waals surface area contributed by atoms with Crippen molar-refractivity contribution < 1.29 is 14.3 Å². The van der Waals surface area contributed by atoms with Crippen LogP contribution in [0.25, 0.3) is 0 Å². The van der Waals surface area contributed by atoms with E-state index < -0.39 is 5.97 Å². The monoisotopic (exact) mass is 318 g/mol. The van der Waals surface area contributed by atoms with Gasteiger partial charge < -0.3 is 15.0 Å². The standard InChI is InChI=1S/C18H26N2O3/c1-3-20(4-2)16-11-9-14(10-12-16)18(22)23-13-17(21)19-15-7-5-6-8-15/h9-12,15H,3-8,13H2,1-2H3,(H,19,21). The van der Waals surface area contributed by atoms with Crippen molar-refractivity contribution in [1.82, 2.24) is 5.32 Å². The number of esters is 1. The summed E-state index contributed by atoms with van der Waals surface area (Å²) in [4.78, 5) is 26.0. The first-order valence-corrected chi connectivity index (χ1v) is 8.45. The zero-order valence-electron chi connectivity index (χ0n) is 14.0. The van der Waals surface area contributed by atoms with Crippen LogP contribution in [0.5, 0.6) is 0 Å². The summed E-state index contributed by atoms with van der Waals surface area (Å²) < 4.78 is 5.09. The Labute approximate surface area is 138 Å². The van der Waals surface area contributed by atoms with Crippen molar-refractivity contribution in [3.05, 3.63) is 29.8 Å². The van der Waals surface area contributed by atoms with Crippen molar-refractivity contribution in [3.63, 3.8) is 0 Å². The molecule has 1 aliphatic rings. The highest BCUT2D eigenvalue weighted by molar-refractivity contribution is 5.91. The Hall–Kier alpha value is -2.04. The van der Waals surface area contributed by atoms with Crippen LogP contribution in [0.2, 0.25) is 0 Å². The van der Waals surface area contributed by atoms with Crippen LogP contribution in [0.3, 0.4) is 0 Å². The van der Waals surface area contributed by atoms with Gasteiger partial charge in [-0.05, 0) is 51.0 Å². The molecule has 0 radical (unpaired) electrons. The van der Waals surface area contributed by atoms with Crippen molar-refractivity contribution in [1.29, 1.82) is 0 Å². The molecule has 0 saturated heterocycles. The summed E-state index contributed by atoms with van der Waals surface area (Å²) in [5, 5.41) is 2.90. The van der Waals surface area contributed by atoms with E-state index in [2.05, 4.69) is 24.1 Å². The second-order valence-corrected chi connectivity index (χ2v) is 5.84. The lowest BCUT2D eigenvalue weighted by Crippen LogP contribution is -2.35. The van der Waals surface area contributed by atoms with Crippen LogP contribution in [0.1, 0.15) is 49.9 Å². The number of hydrogen-bond acceptors (Lipinski definition) is 4. The Bertz CT molecular complexity index is 518. The number of nitrogens with zero attached hydrogens (tertiary/aromatic N) is 1. The van der Waals surface area contributed by atoms with E-state index in [1.165, 1.54) is 0 Å². The van der Waals surface area contributed by atoms with Gasteiger partial charge in [-0.2, -0.15) is 0 Å². The van der Waals surface area contributed by atoms with Crippen LogP contribution in [0.4, 0.5) is 5.69 Å². The fourth-order valence-corrected chi connectivity index (χ4v) is 2.95. The molecule has 2 rings (SSSR count). The van der Waals surface area contributed by atoms with Gasteiger partial charge in [-0.25, -0.2) is 4.79 Å². The van der Waals surface area contributed by atoms with Crippen LogP contribution < -0.4 is 10.2 Å². The molecule has 0 aliphatic heterocycles. The lowest BCUT2D eigenvalue weighted by Gasteiger charge is -2.20. The molecular weight excluding hydrogens is 292 g/mol. The smallest absolute Gasteiger partial charge is 0.338 e. The molecule has 1 aromatic carbocycles. The molecule has 5 nitrogen and oxygen atoms in total. The van der Waals surface area contributed by atoms with Gasteiger partial charge in [0.05, 0.1) is 5.56 Å². The second-order valence-electron chi connectivity index (χ2n) is 5.84. The summed E-state index contributed by atoms with van der Waals surface area (Å²) >= 11 is 0. The molecule has 5 heteroatoms. The summed E-state index contributed by atoms with van der Waals surface area (Å²) in [7, 11) is 0. The minimum Gasteiger partial charge on any atom is -0.452 e. The number of nitrogens with one attached hydrogen (secondary N) is 1. The van der Waals surface area contributed by atoms with Gasteiger partial charge in [0, 0.05) is 24.8 Å². The minimum absolute atomic E-state index is 0.215. The van der Waals surface area contributed by atoms with Gasteiger partial charge >= 0.3 is 5.97 Å². The van der Waals surface area contributed by atoms with Gasteiger partial charge in [0.1, 0.15) is 0 Å². The van der Waals surface area contributed by atoms with Crippen molar-refractivity contribution >= 4 is 17.6 Å². The molecule has 126 valence electrons. The quantitative estimate of drug-likeness (QED) is 0.785. The Kier molecular flexibility index (Phi) is 6.44. The van der Waals surface area contributed by atoms with Crippen LogP contribution in [-0.2, 0) is 9.53 Å². The number of benzene rings is 1. The molecule has 0 atom stereocenters. The molecule has 0 spiro atoms. The van der Waals surface area contributed by atoms with E-state index >= 15 is 0 Å². The maximum atomic E-state index is 12.0. The van der Waals surface area contributed by atoms with Crippen molar-refractivity contribution in [3.8, 4) is 0 Å². The first-order valence-electron chi connectivity index (χ1n) is 8.45. The summed E-state index contributed by atoms with van der Waals surface area (Å²) in [6.07, 6.45) is 4.35. The number of carbonyl (C=O) groups is 2. The van der Waals surface area contributed by atoms with E-state index in [0.717, 1.165) is 44.5 Å². The summed E-state index contributed by atoms with van der Waals surface area (Å²) in [5.41, 5.74) is 1.54. The predicted molar refractivity (Wildman–Crippen MR) is 90.7 cm³/mol. The Balaban J connectivity index is 1.81. The molecule has 1 fully saturated rings. The fraction of sp³-hybridized carbons (Fsp3) is 0.556. The lowest BCUT2D eigenvalue weighted by molar-refractivity contribution is -0.124. The molecule has 1 amide bonds. The number of rotatable bonds is 7. The molecular formula is C18H26N2O3. The van der Waals surface area contributed by atoms with E-state index in [1.807, 2.05) is 12.1 Å². The SMILES string of the molecule is CCN(CC)c1ccc(C(=O)OCC(=O)NC2CCCC2)cc1.